The van der Waals surface area contributed by atoms with Crippen LogP contribution in [0.25, 0.3) is 0 Å². The van der Waals surface area contributed by atoms with Gasteiger partial charge in [0.1, 0.15) is 5.76 Å². The number of aromatic nitrogens is 1. The van der Waals surface area contributed by atoms with Gasteiger partial charge >= 0.3 is 6.03 Å². The molecule has 8 heteroatoms. The zero-order valence-electron chi connectivity index (χ0n) is 14.0. The molecule has 0 unspecified atom stereocenters. The van der Waals surface area contributed by atoms with Gasteiger partial charge in [-0.25, -0.2) is 14.8 Å². The highest BCUT2D eigenvalue weighted by atomic mass is 16.5. The Kier molecular flexibility index (Phi) is 4.51. The fraction of sp³-hybridized carbons (Fsp3) is 0.294. The van der Waals surface area contributed by atoms with E-state index in [9.17, 15) is 14.4 Å². The van der Waals surface area contributed by atoms with Crippen LogP contribution in [0, 0.1) is 6.92 Å². The number of ketones is 1. The second-order valence-electron chi connectivity index (χ2n) is 5.79. The van der Waals surface area contributed by atoms with Gasteiger partial charge < -0.3 is 9.84 Å². The predicted octanol–water partition coefficient (Wildman–Crippen LogP) is 2.48. The molecule has 0 bridgehead atoms. The molecule has 0 spiro atoms. The first-order valence-corrected chi connectivity index (χ1v) is 7.90. The Bertz CT molecular complexity index is 812. The third-order valence-corrected chi connectivity index (χ3v) is 3.89. The normalized spacial score (nSPS) is 13.8. The van der Waals surface area contributed by atoms with Crippen LogP contribution in [0.4, 0.5) is 10.5 Å². The summed E-state index contributed by atoms with van der Waals surface area (Å²) in [6.07, 6.45) is 0.680. The van der Waals surface area contributed by atoms with Gasteiger partial charge in [-0.1, -0.05) is 5.16 Å². The summed E-state index contributed by atoms with van der Waals surface area (Å²) >= 11 is 0. The minimum atomic E-state index is -0.415. The zero-order chi connectivity index (χ0) is 18.0. The molecule has 130 valence electrons. The number of hydrogen-bond acceptors (Lipinski definition) is 5. The average molecular weight is 342 g/mol. The van der Waals surface area contributed by atoms with Crippen molar-refractivity contribution in [3.8, 4) is 0 Å². The highest BCUT2D eigenvalue weighted by molar-refractivity contribution is 5.97. The van der Waals surface area contributed by atoms with Crippen LogP contribution in [0.15, 0.2) is 34.9 Å². The van der Waals surface area contributed by atoms with Crippen LogP contribution in [0.3, 0.4) is 0 Å². The van der Waals surface area contributed by atoms with E-state index in [1.807, 2.05) is 0 Å². The van der Waals surface area contributed by atoms with E-state index in [1.165, 1.54) is 23.0 Å². The van der Waals surface area contributed by atoms with Crippen molar-refractivity contribution in [2.24, 2.45) is 0 Å². The molecule has 0 saturated carbocycles. The molecule has 1 aliphatic heterocycles. The second-order valence-corrected chi connectivity index (χ2v) is 5.79. The number of urea groups is 1. The number of nitrogens with zero attached hydrogens (tertiary/aromatic N) is 3. The molecule has 0 atom stereocenters. The second kappa shape index (κ2) is 6.76. The largest absolute Gasteiger partial charge is 0.361 e. The first kappa shape index (κ1) is 16.7. The molecule has 0 aliphatic carbocycles. The SMILES string of the molecule is CC(=O)c1ccc(NC(=O)N2CCCN2C(=O)c2cc(C)on2)cc1. The molecule has 0 radical (unpaired) electrons. The number of anilines is 1. The van der Waals surface area contributed by atoms with Gasteiger partial charge in [-0.2, -0.15) is 0 Å². The van der Waals surface area contributed by atoms with Gasteiger partial charge in [0.25, 0.3) is 5.91 Å². The topological polar surface area (TPSA) is 95.8 Å². The first-order chi connectivity index (χ1) is 12.0. The number of benzene rings is 1. The van der Waals surface area contributed by atoms with Crippen molar-refractivity contribution >= 4 is 23.4 Å². The van der Waals surface area contributed by atoms with E-state index in [1.54, 1.807) is 31.2 Å². The Morgan fingerprint density at radius 3 is 2.40 bits per heavy atom. The number of carbonyl (C=O) groups excluding carboxylic acids is 3. The monoisotopic (exact) mass is 342 g/mol. The van der Waals surface area contributed by atoms with Crippen LogP contribution in [0.5, 0.6) is 0 Å². The molecule has 1 aromatic heterocycles. The maximum absolute atomic E-state index is 12.5. The van der Waals surface area contributed by atoms with Crippen LogP contribution >= 0.6 is 0 Å². The highest BCUT2D eigenvalue weighted by Gasteiger charge is 2.32. The Morgan fingerprint density at radius 1 is 1.12 bits per heavy atom. The van der Waals surface area contributed by atoms with Gasteiger partial charge in [0.15, 0.2) is 11.5 Å². The van der Waals surface area contributed by atoms with E-state index in [4.69, 9.17) is 4.52 Å². The highest BCUT2D eigenvalue weighted by Crippen LogP contribution is 2.18. The summed E-state index contributed by atoms with van der Waals surface area (Å²) < 4.78 is 4.92. The summed E-state index contributed by atoms with van der Waals surface area (Å²) in [5.74, 6) is 0.109. The Labute approximate surface area is 144 Å². The molecule has 1 saturated heterocycles. The van der Waals surface area contributed by atoms with Gasteiger partial charge in [0.2, 0.25) is 0 Å². The van der Waals surface area contributed by atoms with Crippen LogP contribution in [-0.2, 0) is 0 Å². The van der Waals surface area contributed by atoms with E-state index >= 15 is 0 Å². The van der Waals surface area contributed by atoms with E-state index < -0.39 is 6.03 Å². The fourth-order valence-corrected chi connectivity index (χ4v) is 2.61. The number of nitrogens with one attached hydrogen (secondary N) is 1. The number of rotatable bonds is 3. The van der Waals surface area contributed by atoms with Crippen molar-refractivity contribution < 1.29 is 18.9 Å². The number of aryl methyl sites for hydroxylation is 1. The molecule has 1 fully saturated rings. The summed E-state index contributed by atoms with van der Waals surface area (Å²) in [4.78, 5) is 36.3. The molecule has 3 rings (SSSR count). The lowest BCUT2D eigenvalue weighted by Gasteiger charge is -2.27. The van der Waals surface area contributed by atoms with E-state index in [0.29, 0.717) is 36.5 Å². The number of hydrazine groups is 1. The average Bonchev–Trinajstić information content (AvgIpc) is 3.23. The van der Waals surface area contributed by atoms with Gasteiger partial charge in [-0.05, 0) is 44.5 Å². The van der Waals surface area contributed by atoms with Crippen LogP contribution < -0.4 is 5.32 Å². The van der Waals surface area contributed by atoms with Gasteiger partial charge in [-0.3, -0.25) is 9.59 Å². The minimum absolute atomic E-state index is 0.0444. The molecule has 3 amide bonds. The predicted molar refractivity (Wildman–Crippen MR) is 89.1 cm³/mol. The van der Waals surface area contributed by atoms with Crippen molar-refractivity contribution in [1.29, 1.82) is 0 Å². The number of amides is 3. The summed E-state index contributed by atoms with van der Waals surface area (Å²) in [5, 5.41) is 9.15. The molecule has 25 heavy (non-hydrogen) atoms. The van der Waals surface area contributed by atoms with Crippen molar-refractivity contribution in [1.82, 2.24) is 15.2 Å². The van der Waals surface area contributed by atoms with Gasteiger partial charge in [0.05, 0.1) is 0 Å². The Balaban J connectivity index is 1.70. The van der Waals surface area contributed by atoms with Crippen LogP contribution in [0.2, 0.25) is 0 Å². The lowest BCUT2D eigenvalue weighted by Crippen LogP contribution is -2.46. The van der Waals surface area contributed by atoms with Crippen LogP contribution in [0.1, 0.15) is 40.0 Å². The van der Waals surface area contributed by atoms with Crippen molar-refractivity contribution in [3.63, 3.8) is 0 Å². The standard InChI is InChI=1S/C17H18N4O4/c1-11-10-15(19-25-11)16(23)20-8-3-9-21(20)17(24)18-14-6-4-13(5-7-14)12(2)22/h4-7,10H,3,8-9H2,1-2H3,(H,18,24). The maximum atomic E-state index is 12.5. The number of Topliss-reactive ketones (excluding diaryl/α,β-unsaturated/α-hetero) is 1. The van der Waals surface area contributed by atoms with Crippen LogP contribution in [-0.4, -0.2) is 46.0 Å². The molecular weight excluding hydrogens is 324 g/mol. The van der Waals surface area contributed by atoms with E-state index in [2.05, 4.69) is 10.5 Å². The van der Waals surface area contributed by atoms with Gasteiger partial charge in [0, 0.05) is 30.4 Å². The summed E-state index contributed by atoms with van der Waals surface area (Å²) in [6, 6.07) is 7.71. The number of carbonyl (C=O) groups is 3. The third kappa shape index (κ3) is 3.52. The lowest BCUT2D eigenvalue weighted by atomic mass is 10.1. The molecule has 2 aromatic rings. The molecule has 8 nitrogen and oxygen atoms in total. The Hall–Kier alpha value is -3.16. The molecule has 1 aliphatic rings. The number of hydrogen-bond donors (Lipinski definition) is 1. The van der Waals surface area contributed by atoms with E-state index in [0.717, 1.165) is 0 Å². The summed E-state index contributed by atoms with van der Waals surface area (Å²) in [6.45, 7) is 4.04. The summed E-state index contributed by atoms with van der Waals surface area (Å²) in [7, 11) is 0. The minimum Gasteiger partial charge on any atom is -0.361 e. The third-order valence-electron chi connectivity index (χ3n) is 3.89. The van der Waals surface area contributed by atoms with Gasteiger partial charge in [-0.15, -0.1) is 0 Å². The van der Waals surface area contributed by atoms with Crippen molar-refractivity contribution in [2.45, 2.75) is 20.3 Å². The maximum Gasteiger partial charge on any atom is 0.340 e. The smallest absolute Gasteiger partial charge is 0.340 e. The van der Waals surface area contributed by atoms with Crippen molar-refractivity contribution in [2.75, 3.05) is 18.4 Å². The quantitative estimate of drug-likeness (QED) is 0.865. The Morgan fingerprint density at radius 2 is 1.80 bits per heavy atom. The lowest BCUT2D eigenvalue weighted by molar-refractivity contribution is 0.0394. The van der Waals surface area contributed by atoms with E-state index in [-0.39, 0.29) is 17.4 Å². The fourth-order valence-electron chi connectivity index (χ4n) is 2.61. The molecule has 1 N–H and O–H groups in total. The molecule has 1 aromatic carbocycles. The zero-order valence-corrected chi connectivity index (χ0v) is 14.0. The van der Waals surface area contributed by atoms with Crippen molar-refractivity contribution in [3.05, 3.63) is 47.3 Å². The first-order valence-electron chi connectivity index (χ1n) is 7.90. The molecular formula is C17H18N4O4. The molecule has 2 heterocycles. The summed E-state index contributed by atoms with van der Waals surface area (Å²) in [5.41, 5.74) is 1.28.